The maximum Gasteiger partial charge on any atom is -0.00135 e. The van der Waals surface area contributed by atoms with Gasteiger partial charge in [0, 0.05) is 0 Å². The van der Waals surface area contributed by atoms with Crippen LogP contribution in [0.1, 0.15) is 59.7 Å². The predicted molar refractivity (Wildman–Crippen MR) is 241 cm³/mol. The van der Waals surface area contributed by atoms with E-state index in [2.05, 4.69) is 197 Å². The van der Waals surface area contributed by atoms with Crippen molar-refractivity contribution in [3.8, 4) is 33.4 Å². The Kier molecular flexibility index (Phi) is 7.35. The second kappa shape index (κ2) is 12.5. The number of allylic oxidation sites excluding steroid dienone is 2. The molecule has 0 fully saturated rings. The summed E-state index contributed by atoms with van der Waals surface area (Å²) < 4.78 is 0. The van der Waals surface area contributed by atoms with E-state index in [1.165, 1.54) is 116 Å². The Morgan fingerprint density at radius 3 is 1.43 bits per heavy atom. The Hall–Kier alpha value is -6.50. The van der Waals surface area contributed by atoms with E-state index in [0.29, 0.717) is 0 Å². The number of hydrogen-bond donors (Lipinski definition) is 0. The SMILES string of the molecule is CC(C)(C)c1cccc(-c2cc(C3=Cc4ccccc4C3)c3ccc4c(-c5ccccc5-c5ccccc5)cc(C5=Cc6ccccc6C5)c5ccc2c3c54)c1. The van der Waals surface area contributed by atoms with Gasteiger partial charge < -0.3 is 0 Å². The van der Waals surface area contributed by atoms with Crippen molar-refractivity contribution in [2.45, 2.75) is 39.0 Å². The van der Waals surface area contributed by atoms with Crippen molar-refractivity contribution < 1.29 is 0 Å². The summed E-state index contributed by atoms with van der Waals surface area (Å²) in [5, 5.41) is 7.99. The average molecular weight is 715 g/mol. The molecule has 0 spiro atoms. The molecule has 11 rings (SSSR count). The van der Waals surface area contributed by atoms with Crippen molar-refractivity contribution in [3.05, 3.63) is 203 Å². The standard InChI is InChI=1S/C56H42/c1-56(2,3)43-21-13-20-40(32-43)50-33-51(41-28-36-16-7-8-17-37(36)29-41)47-26-27-49-53(45-23-12-11-22-44(45)35-14-5-4-6-15-35)34-52(48-25-24-46(50)54(47)55(48)49)42-30-38-18-9-10-19-39(38)31-42/h4-28,30,32-34H,29,31H2,1-3H3. The molecule has 9 aromatic carbocycles. The molecule has 2 aliphatic rings. The van der Waals surface area contributed by atoms with E-state index in [1.54, 1.807) is 0 Å². The summed E-state index contributed by atoms with van der Waals surface area (Å²) in [6.45, 7) is 6.94. The summed E-state index contributed by atoms with van der Waals surface area (Å²) in [4.78, 5) is 0. The van der Waals surface area contributed by atoms with E-state index in [0.717, 1.165) is 12.8 Å². The van der Waals surface area contributed by atoms with Crippen molar-refractivity contribution in [2.75, 3.05) is 0 Å². The van der Waals surface area contributed by atoms with Crippen LogP contribution in [0.15, 0.2) is 164 Å². The van der Waals surface area contributed by atoms with Gasteiger partial charge in [0.05, 0.1) is 0 Å². The minimum absolute atomic E-state index is 0.0424. The Morgan fingerprint density at radius 1 is 0.357 bits per heavy atom. The van der Waals surface area contributed by atoms with E-state index < -0.39 is 0 Å². The normalized spacial score (nSPS) is 13.7. The van der Waals surface area contributed by atoms with Gasteiger partial charge in [0.1, 0.15) is 0 Å². The summed E-state index contributed by atoms with van der Waals surface area (Å²) in [6.07, 6.45) is 6.74. The van der Waals surface area contributed by atoms with Gasteiger partial charge in [-0.05, 0) is 146 Å². The molecule has 0 radical (unpaired) electrons. The number of benzene rings is 9. The highest BCUT2D eigenvalue weighted by Crippen LogP contribution is 2.50. The fraction of sp³-hybridized carbons (Fsp3) is 0.107. The van der Waals surface area contributed by atoms with Crippen molar-refractivity contribution in [1.29, 1.82) is 0 Å². The first-order valence-electron chi connectivity index (χ1n) is 20.0. The summed E-state index contributed by atoms with van der Waals surface area (Å²) in [5.74, 6) is 0. The van der Waals surface area contributed by atoms with Crippen LogP contribution in [-0.4, -0.2) is 0 Å². The molecule has 266 valence electrons. The van der Waals surface area contributed by atoms with Gasteiger partial charge in [-0.2, -0.15) is 0 Å². The largest absolute Gasteiger partial charge is 0.0622 e. The molecular formula is C56H42. The third-order valence-electron chi connectivity index (χ3n) is 12.5. The Labute approximate surface area is 329 Å². The molecule has 0 nitrogen and oxygen atoms in total. The van der Waals surface area contributed by atoms with Crippen LogP contribution in [0, 0.1) is 0 Å². The van der Waals surface area contributed by atoms with Crippen LogP contribution < -0.4 is 0 Å². The Balaban J connectivity index is 1.27. The van der Waals surface area contributed by atoms with Gasteiger partial charge in [-0.15, -0.1) is 0 Å². The second-order valence-corrected chi connectivity index (χ2v) is 16.8. The summed E-state index contributed by atoms with van der Waals surface area (Å²) in [6, 6.07) is 61.7. The lowest BCUT2D eigenvalue weighted by Crippen LogP contribution is -2.10. The van der Waals surface area contributed by atoms with E-state index in [-0.39, 0.29) is 5.41 Å². The highest BCUT2D eigenvalue weighted by molar-refractivity contribution is 6.31. The third-order valence-corrected chi connectivity index (χ3v) is 12.5. The average Bonchev–Trinajstić information content (AvgIpc) is 3.87. The number of hydrogen-bond acceptors (Lipinski definition) is 0. The first-order chi connectivity index (χ1) is 27.4. The monoisotopic (exact) mass is 714 g/mol. The second-order valence-electron chi connectivity index (χ2n) is 16.8. The summed E-state index contributed by atoms with van der Waals surface area (Å²) in [5.41, 5.74) is 19.9. The molecule has 0 unspecified atom stereocenters. The van der Waals surface area contributed by atoms with Gasteiger partial charge in [0.2, 0.25) is 0 Å². The molecule has 0 heteroatoms. The van der Waals surface area contributed by atoms with Gasteiger partial charge in [-0.25, -0.2) is 0 Å². The highest BCUT2D eigenvalue weighted by atomic mass is 14.3. The topological polar surface area (TPSA) is 0 Å². The Morgan fingerprint density at radius 2 is 0.839 bits per heavy atom. The van der Waals surface area contributed by atoms with E-state index >= 15 is 0 Å². The van der Waals surface area contributed by atoms with Gasteiger partial charge in [-0.3, -0.25) is 0 Å². The lowest BCUT2D eigenvalue weighted by molar-refractivity contribution is 0.590. The van der Waals surface area contributed by atoms with Gasteiger partial charge >= 0.3 is 0 Å². The highest BCUT2D eigenvalue weighted by Gasteiger charge is 2.26. The lowest BCUT2D eigenvalue weighted by Gasteiger charge is -2.23. The zero-order valence-corrected chi connectivity index (χ0v) is 32.2. The number of fused-ring (bicyclic) bond motifs is 2. The molecule has 0 atom stereocenters. The van der Waals surface area contributed by atoms with Crippen molar-refractivity contribution in [2.24, 2.45) is 0 Å². The zero-order chi connectivity index (χ0) is 37.5. The predicted octanol–water partition coefficient (Wildman–Crippen LogP) is 15.1. The minimum Gasteiger partial charge on any atom is -0.0622 e. The lowest BCUT2D eigenvalue weighted by atomic mass is 9.80. The van der Waals surface area contributed by atoms with Crippen molar-refractivity contribution >= 4 is 55.6 Å². The molecule has 0 saturated heterocycles. The van der Waals surface area contributed by atoms with Crippen LogP contribution in [0.3, 0.4) is 0 Å². The van der Waals surface area contributed by atoms with Crippen molar-refractivity contribution in [3.63, 3.8) is 0 Å². The maximum atomic E-state index is 2.51. The van der Waals surface area contributed by atoms with Gasteiger partial charge in [0.25, 0.3) is 0 Å². The first kappa shape index (κ1) is 32.9. The van der Waals surface area contributed by atoms with Crippen LogP contribution in [0.4, 0.5) is 0 Å². The molecule has 9 aromatic rings. The minimum atomic E-state index is 0.0424. The molecule has 0 bridgehead atoms. The number of rotatable bonds is 5. The Bertz CT molecular complexity index is 3090. The molecule has 0 N–H and O–H groups in total. The van der Waals surface area contributed by atoms with E-state index in [9.17, 15) is 0 Å². The molecule has 0 aromatic heterocycles. The smallest absolute Gasteiger partial charge is 0.00135 e. The molecule has 56 heavy (non-hydrogen) atoms. The molecule has 0 amide bonds. The molecule has 2 aliphatic carbocycles. The molecular weight excluding hydrogens is 673 g/mol. The third kappa shape index (κ3) is 5.20. The van der Waals surface area contributed by atoms with Crippen LogP contribution in [0.25, 0.3) is 89.0 Å². The van der Waals surface area contributed by atoms with Gasteiger partial charge in [0.15, 0.2) is 0 Å². The van der Waals surface area contributed by atoms with Crippen LogP contribution in [0.2, 0.25) is 0 Å². The van der Waals surface area contributed by atoms with Crippen molar-refractivity contribution in [1.82, 2.24) is 0 Å². The maximum absolute atomic E-state index is 2.51. The first-order valence-corrected chi connectivity index (χ1v) is 20.0. The van der Waals surface area contributed by atoms with E-state index in [4.69, 9.17) is 0 Å². The van der Waals surface area contributed by atoms with Crippen LogP contribution in [-0.2, 0) is 18.3 Å². The molecule has 0 heterocycles. The molecule has 0 aliphatic heterocycles. The zero-order valence-electron chi connectivity index (χ0n) is 32.2. The van der Waals surface area contributed by atoms with Crippen LogP contribution >= 0.6 is 0 Å². The van der Waals surface area contributed by atoms with E-state index in [1.807, 2.05) is 0 Å². The molecule has 0 saturated carbocycles. The summed E-state index contributed by atoms with van der Waals surface area (Å²) >= 11 is 0. The van der Waals surface area contributed by atoms with Gasteiger partial charge in [-0.1, -0.05) is 185 Å². The fourth-order valence-corrected chi connectivity index (χ4v) is 9.63. The quantitative estimate of drug-likeness (QED) is 0.156. The van der Waals surface area contributed by atoms with Crippen LogP contribution in [0.5, 0.6) is 0 Å². The summed E-state index contributed by atoms with van der Waals surface area (Å²) in [7, 11) is 0. The fourth-order valence-electron chi connectivity index (χ4n) is 9.63.